The van der Waals surface area contributed by atoms with E-state index in [1.807, 2.05) is 11.8 Å². The van der Waals surface area contributed by atoms with E-state index in [1.54, 1.807) is 0 Å². The molecule has 0 aromatic rings. The molecule has 0 radical (unpaired) electrons. The Kier molecular flexibility index (Phi) is 6.93. The molecule has 2 atom stereocenters. The van der Waals surface area contributed by atoms with E-state index in [0.717, 1.165) is 52.2 Å². The van der Waals surface area contributed by atoms with Gasteiger partial charge < -0.3 is 14.4 Å². The lowest BCUT2D eigenvalue weighted by molar-refractivity contribution is -0.147. The van der Waals surface area contributed by atoms with Gasteiger partial charge in [-0.1, -0.05) is 6.92 Å². The quantitative estimate of drug-likeness (QED) is 0.745. The van der Waals surface area contributed by atoms with Crippen molar-refractivity contribution < 1.29 is 14.3 Å². The van der Waals surface area contributed by atoms with Crippen molar-refractivity contribution in [2.75, 3.05) is 45.9 Å². The molecule has 21 heavy (non-hydrogen) atoms. The highest BCUT2D eigenvalue weighted by atomic mass is 16.5. The number of nitrogens with zero attached hydrogens (tertiary/aromatic N) is 2. The van der Waals surface area contributed by atoms with Crippen LogP contribution in [-0.4, -0.2) is 73.9 Å². The van der Waals surface area contributed by atoms with Gasteiger partial charge in [-0.25, -0.2) is 0 Å². The Bertz CT molecular complexity index is 311. The van der Waals surface area contributed by atoms with Crippen LogP contribution in [0.3, 0.4) is 0 Å². The van der Waals surface area contributed by atoms with Crippen LogP contribution in [0, 0.1) is 0 Å². The lowest BCUT2D eigenvalue weighted by atomic mass is 10.1. The van der Waals surface area contributed by atoms with Gasteiger partial charge in [0.2, 0.25) is 0 Å². The summed E-state index contributed by atoms with van der Waals surface area (Å²) in [6.07, 6.45) is 4.40. The van der Waals surface area contributed by atoms with Gasteiger partial charge in [-0.2, -0.15) is 0 Å². The third-order valence-electron chi connectivity index (χ3n) is 4.38. The summed E-state index contributed by atoms with van der Waals surface area (Å²) in [7, 11) is 0. The Labute approximate surface area is 128 Å². The molecule has 0 unspecified atom stereocenters. The highest BCUT2D eigenvalue weighted by Gasteiger charge is 2.26. The second-order valence-corrected chi connectivity index (χ2v) is 6.13. The van der Waals surface area contributed by atoms with E-state index in [9.17, 15) is 4.79 Å². The van der Waals surface area contributed by atoms with Crippen molar-refractivity contribution in [1.29, 1.82) is 0 Å². The predicted octanol–water partition coefficient (Wildman–Crippen LogP) is 1.51. The van der Waals surface area contributed by atoms with Crippen LogP contribution in [0.1, 0.15) is 39.5 Å². The standard InChI is InChI=1S/C16H30N2O3/c1-3-7-17-8-10-18(11-9-17)16(19)14(2)21-13-15-6-4-5-12-20-15/h14-15H,3-13H2,1-2H3/t14-,15+/m0/s1. The summed E-state index contributed by atoms with van der Waals surface area (Å²) in [4.78, 5) is 16.7. The highest BCUT2D eigenvalue weighted by Crippen LogP contribution is 2.14. The topological polar surface area (TPSA) is 42.0 Å². The van der Waals surface area contributed by atoms with E-state index >= 15 is 0 Å². The van der Waals surface area contributed by atoms with Crippen LogP contribution in [0.2, 0.25) is 0 Å². The molecule has 0 bridgehead atoms. The molecule has 1 amide bonds. The molecule has 0 saturated carbocycles. The Morgan fingerprint density at radius 2 is 2.05 bits per heavy atom. The van der Waals surface area contributed by atoms with E-state index in [1.165, 1.54) is 12.8 Å². The normalized spacial score (nSPS) is 25.8. The molecule has 2 aliphatic rings. The average molecular weight is 298 g/mol. The number of amides is 1. The Balaban J connectivity index is 1.67. The Morgan fingerprint density at radius 3 is 2.67 bits per heavy atom. The first-order chi connectivity index (χ1) is 10.2. The predicted molar refractivity (Wildman–Crippen MR) is 82.3 cm³/mol. The summed E-state index contributed by atoms with van der Waals surface area (Å²) in [5.74, 6) is 0.127. The van der Waals surface area contributed by atoms with Crippen LogP contribution in [0.15, 0.2) is 0 Å². The molecule has 5 heteroatoms. The first kappa shape index (κ1) is 16.7. The fourth-order valence-corrected chi connectivity index (χ4v) is 3.03. The highest BCUT2D eigenvalue weighted by molar-refractivity contribution is 5.80. The van der Waals surface area contributed by atoms with Gasteiger partial charge in [0.15, 0.2) is 0 Å². The average Bonchev–Trinajstić information content (AvgIpc) is 2.54. The van der Waals surface area contributed by atoms with Crippen molar-refractivity contribution in [1.82, 2.24) is 9.80 Å². The lowest BCUT2D eigenvalue weighted by Gasteiger charge is -2.36. The molecule has 2 heterocycles. The Hall–Kier alpha value is -0.650. The summed E-state index contributed by atoms with van der Waals surface area (Å²) < 4.78 is 11.4. The van der Waals surface area contributed by atoms with Crippen molar-refractivity contribution in [3.05, 3.63) is 0 Å². The summed E-state index contributed by atoms with van der Waals surface area (Å²) in [5.41, 5.74) is 0. The second kappa shape index (κ2) is 8.71. The number of piperazine rings is 1. The summed E-state index contributed by atoms with van der Waals surface area (Å²) in [6.45, 7) is 10.2. The molecule has 0 aromatic heterocycles. The molecular weight excluding hydrogens is 268 g/mol. The van der Waals surface area contributed by atoms with Crippen LogP contribution in [0.5, 0.6) is 0 Å². The molecule has 0 aliphatic carbocycles. The van der Waals surface area contributed by atoms with Crippen molar-refractivity contribution in [2.45, 2.75) is 51.7 Å². The second-order valence-electron chi connectivity index (χ2n) is 6.13. The Morgan fingerprint density at radius 1 is 1.29 bits per heavy atom. The van der Waals surface area contributed by atoms with Crippen molar-refractivity contribution in [3.63, 3.8) is 0 Å². The van der Waals surface area contributed by atoms with Crippen LogP contribution in [0.25, 0.3) is 0 Å². The van der Waals surface area contributed by atoms with Crippen LogP contribution in [-0.2, 0) is 14.3 Å². The van der Waals surface area contributed by atoms with Gasteiger partial charge in [0.25, 0.3) is 5.91 Å². The third-order valence-corrected chi connectivity index (χ3v) is 4.38. The van der Waals surface area contributed by atoms with Gasteiger partial charge in [-0.3, -0.25) is 9.69 Å². The van der Waals surface area contributed by atoms with Crippen molar-refractivity contribution >= 4 is 5.91 Å². The van der Waals surface area contributed by atoms with Gasteiger partial charge >= 0.3 is 0 Å². The first-order valence-corrected chi connectivity index (χ1v) is 8.45. The fraction of sp³-hybridized carbons (Fsp3) is 0.938. The number of carbonyl (C=O) groups is 1. The van der Waals surface area contributed by atoms with Gasteiger partial charge in [-0.15, -0.1) is 0 Å². The number of carbonyl (C=O) groups excluding carboxylic acids is 1. The third kappa shape index (κ3) is 5.24. The molecule has 0 N–H and O–H groups in total. The smallest absolute Gasteiger partial charge is 0.251 e. The van der Waals surface area contributed by atoms with Crippen LogP contribution < -0.4 is 0 Å². The number of ether oxygens (including phenoxy) is 2. The molecular formula is C16H30N2O3. The lowest BCUT2D eigenvalue weighted by Crippen LogP contribution is -2.51. The van der Waals surface area contributed by atoms with Crippen molar-refractivity contribution in [3.8, 4) is 0 Å². The maximum atomic E-state index is 12.4. The first-order valence-electron chi connectivity index (χ1n) is 8.45. The van der Waals surface area contributed by atoms with Crippen LogP contribution in [0.4, 0.5) is 0 Å². The van der Waals surface area contributed by atoms with E-state index in [0.29, 0.717) is 6.61 Å². The number of hydrogen-bond acceptors (Lipinski definition) is 4. The van der Waals surface area contributed by atoms with E-state index in [-0.39, 0.29) is 18.1 Å². The van der Waals surface area contributed by atoms with E-state index in [2.05, 4.69) is 11.8 Å². The maximum absolute atomic E-state index is 12.4. The summed E-state index contributed by atoms with van der Waals surface area (Å²) in [6, 6.07) is 0. The molecule has 0 spiro atoms. The molecule has 2 fully saturated rings. The molecule has 2 aliphatic heterocycles. The molecule has 0 aromatic carbocycles. The minimum Gasteiger partial charge on any atom is -0.376 e. The summed E-state index contributed by atoms with van der Waals surface area (Å²) >= 11 is 0. The molecule has 2 saturated heterocycles. The minimum atomic E-state index is -0.353. The molecule has 2 rings (SSSR count). The van der Waals surface area contributed by atoms with Gasteiger partial charge in [0.1, 0.15) is 6.10 Å². The van der Waals surface area contributed by atoms with Crippen LogP contribution >= 0.6 is 0 Å². The monoisotopic (exact) mass is 298 g/mol. The fourth-order valence-electron chi connectivity index (χ4n) is 3.03. The van der Waals surface area contributed by atoms with E-state index < -0.39 is 0 Å². The zero-order valence-electron chi connectivity index (χ0n) is 13.6. The zero-order chi connectivity index (χ0) is 15.1. The zero-order valence-corrected chi connectivity index (χ0v) is 13.6. The summed E-state index contributed by atoms with van der Waals surface area (Å²) in [5, 5.41) is 0. The SMILES string of the molecule is CCCN1CCN(C(=O)[C@H](C)OC[C@H]2CCCCO2)CC1. The molecule has 122 valence electrons. The minimum absolute atomic E-state index is 0.127. The van der Waals surface area contributed by atoms with Crippen molar-refractivity contribution in [2.24, 2.45) is 0 Å². The molecule has 5 nitrogen and oxygen atoms in total. The van der Waals surface area contributed by atoms with Gasteiger partial charge in [0.05, 0.1) is 12.7 Å². The van der Waals surface area contributed by atoms with Gasteiger partial charge in [-0.05, 0) is 39.2 Å². The number of rotatable bonds is 6. The van der Waals surface area contributed by atoms with Gasteiger partial charge in [0, 0.05) is 32.8 Å². The number of hydrogen-bond donors (Lipinski definition) is 0. The largest absolute Gasteiger partial charge is 0.376 e. The van der Waals surface area contributed by atoms with E-state index in [4.69, 9.17) is 9.47 Å². The maximum Gasteiger partial charge on any atom is 0.251 e.